The van der Waals surface area contributed by atoms with Crippen molar-refractivity contribution in [2.75, 3.05) is 46.0 Å². The van der Waals surface area contributed by atoms with Gasteiger partial charge in [-0.2, -0.15) is 0 Å². The van der Waals surface area contributed by atoms with Gasteiger partial charge in [0.05, 0.1) is 32.2 Å². The van der Waals surface area contributed by atoms with E-state index >= 15 is 0 Å². The Bertz CT molecular complexity index is 817. The molecule has 0 unspecified atom stereocenters. The van der Waals surface area contributed by atoms with Crippen LogP contribution in [0.3, 0.4) is 0 Å². The standard InChI is InChI=1S/C21H33N5O5/c1-5-26-19(28)17-16(18(27)24-8-11-30-12-9-24)23-14-25(17)13-21(26,4)20(29)22-7-6-10-31-15(2)3/h14-15H,5-13H2,1-4H3,(H,22,29)/t21-/m0/s1. The van der Waals surface area contributed by atoms with E-state index in [0.29, 0.717) is 52.4 Å². The van der Waals surface area contributed by atoms with Crippen LogP contribution in [-0.4, -0.2) is 94.7 Å². The van der Waals surface area contributed by atoms with Crippen LogP contribution in [-0.2, 0) is 20.8 Å². The lowest BCUT2D eigenvalue weighted by Gasteiger charge is -2.43. The Hall–Kier alpha value is -2.46. The third-order valence-corrected chi connectivity index (χ3v) is 5.72. The van der Waals surface area contributed by atoms with Crippen molar-refractivity contribution in [2.24, 2.45) is 0 Å². The number of nitrogens with zero attached hydrogens (tertiary/aromatic N) is 4. The van der Waals surface area contributed by atoms with E-state index in [9.17, 15) is 14.4 Å². The van der Waals surface area contributed by atoms with Crippen LogP contribution in [0.25, 0.3) is 0 Å². The molecule has 1 saturated heterocycles. The minimum atomic E-state index is -1.07. The van der Waals surface area contributed by atoms with Crippen molar-refractivity contribution in [1.29, 1.82) is 0 Å². The molecule has 2 aliphatic heterocycles. The zero-order valence-electron chi connectivity index (χ0n) is 18.8. The second-order valence-corrected chi connectivity index (χ2v) is 8.33. The zero-order valence-corrected chi connectivity index (χ0v) is 18.8. The van der Waals surface area contributed by atoms with Gasteiger partial charge < -0.3 is 29.2 Å². The first kappa shape index (κ1) is 23.2. The minimum Gasteiger partial charge on any atom is -0.379 e. The number of carbonyl (C=O) groups is 3. The van der Waals surface area contributed by atoms with Gasteiger partial charge in [0.15, 0.2) is 5.69 Å². The lowest BCUT2D eigenvalue weighted by molar-refractivity contribution is -0.132. The molecule has 1 aromatic rings. The maximum absolute atomic E-state index is 13.4. The Morgan fingerprint density at radius 1 is 1.32 bits per heavy atom. The van der Waals surface area contributed by atoms with Crippen LogP contribution in [0, 0.1) is 0 Å². The number of likely N-dealkylation sites (N-methyl/N-ethyl adjacent to an activating group) is 1. The SMILES string of the molecule is CCN1C(=O)c2c(C(=O)N3CCOCC3)ncn2C[C@@]1(C)C(=O)NCCCOC(C)C. The van der Waals surface area contributed by atoms with Gasteiger partial charge in [-0.25, -0.2) is 4.98 Å². The normalized spacial score (nSPS) is 21.4. The van der Waals surface area contributed by atoms with Crippen molar-refractivity contribution in [1.82, 2.24) is 24.7 Å². The fourth-order valence-electron chi connectivity index (χ4n) is 4.04. The molecule has 10 nitrogen and oxygen atoms in total. The third kappa shape index (κ3) is 4.74. The Balaban J connectivity index is 1.75. The predicted molar refractivity (Wildman–Crippen MR) is 113 cm³/mol. The Labute approximate surface area is 182 Å². The second kappa shape index (κ2) is 9.78. The first-order valence-electron chi connectivity index (χ1n) is 10.9. The summed E-state index contributed by atoms with van der Waals surface area (Å²) in [6.07, 6.45) is 2.32. The Kier molecular flexibility index (Phi) is 7.32. The van der Waals surface area contributed by atoms with Crippen LogP contribution in [0.1, 0.15) is 55.1 Å². The average Bonchev–Trinajstić information content (AvgIpc) is 3.17. The van der Waals surface area contributed by atoms with Crippen LogP contribution in [0.4, 0.5) is 0 Å². The summed E-state index contributed by atoms with van der Waals surface area (Å²) in [5.41, 5.74) is -0.690. The van der Waals surface area contributed by atoms with Crippen LogP contribution in [0.2, 0.25) is 0 Å². The van der Waals surface area contributed by atoms with Crippen LogP contribution < -0.4 is 5.32 Å². The molecule has 1 fully saturated rings. The molecule has 10 heteroatoms. The van der Waals surface area contributed by atoms with E-state index in [-0.39, 0.29) is 41.8 Å². The monoisotopic (exact) mass is 435 g/mol. The molecule has 0 radical (unpaired) electrons. The number of nitrogens with one attached hydrogen (secondary N) is 1. The molecule has 0 bridgehead atoms. The molecule has 0 aliphatic carbocycles. The number of ether oxygens (including phenoxy) is 2. The van der Waals surface area contributed by atoms with E-state index in [1.165, 1.54) is 11.2 Å². The molecule has 1 atom stereocenters. The number of aromatic nitrogens is 2. The molecule has 3 amide bonds. The highest BCUT2D eigenvalue weighted by molar-refractivity contribution is 6.07. The summed E-state index contributed by atoms with van der Waals surface area (Å²) in [6.45, 7) is 11.0. The van der Waals surface area contributed by atoms with Crippen molar-refractivity contribution >= 4 is 17.7 Å². The molecule has 0 spiro atoms. The molecule has 0 aromatic carbocycles. The van der Waals surface area contributed by atoms with Gasteiger partial charge in [0.25, 0.3) is 11.8 Å². The van der Waals surface area contributed by atoms with E-state index in [2.05, 4.69) is 10.3 Å². The maximum Gasteiger partial charge on any atom is 0.275 e. The van der Waals surface area contributed by atoms with Gasteiger partial charge in [-0.05, 0) is 34.1 Å². The number of imidazole rings is 1. The van der Waals surface area contributed by atoms with Gasteiger partial charge in [-0.3, -0.25) is 14.4 Å². The summed E-state index contributed by atoms with van der Waals surface area (Å²) in [5, 5.41) is 2.93. The third-order valence-electron chi connectivity index (χ3n) is 5.72. The molecule has 3 heterocycles. The summed E-state index contributed by atoms with van der Waals surface area (Å²) in [6, 6.07) is 0. The molecule has 31 heavy (non-hydrogen) atoms. The Morgan fingerprint density at radius 3 is 2.68 bits per heavy atom. The Morgan fingerprint density at radius 2 is 2.03 bits per heavy atom. The second-order valence-electron chi connectivity index (χ2n) is 8.33. The fraction of sp³-hybridized carbons (Fsp3) is 0.714. The van der Waals surface area contributed by atoms with E-state index in [1.54, 1.807) is 16.4 Å². The van der Waals surface area contributed by atoms with Crippen molar-refractivity contribution in [3.8, 4) is 0 Å². The number of amides is 3. The average molecular weight is 436 g/mol. The van der Waals surface area contributed by atoms with E-state index in [4.69, 9.17) is 9.47 Å². The smallest absolute Gasteiger partial charge is 0.275 e. The predicted octanol–water partition coefficient (Wildman–Crippen LogP) is 0.521. The van der Waals surface area contributed by atoms with Crippen LogP contribution in [0.5, 0.6) is 0 Å². The van der Waals surface area contributed by atoms with Gasteiger partial charge in [-0.1, -0.05) is 0 Å². The fourth-order valence-corrected chi connectivity index (χ4v) is 4.04. The zero-order chi connectivity index (χ0) is 22.6. The van der Waals surface area contributed by atoms with E-state index < -0.39 is 5.54 Å². The summed E-state index contributed by atoms with van der Waals surface area (Å²) < 4.78 is 12.4. The molecule has 172 valence electrons. The van der Waals surface area contributed by atoms with Crippen molar-refractivity contribution < 1.29 is 23.9 Å². The topological polar surface area (TPSA) is 106 Å². The molecule has 2 aliphatic rings. The summed E-state index contributed by atoms with van der Waals surface area (Å²) in [7, 11) is 0. The quantitative estimate of drug-likeness (QED) is 0.597. The van der Waals surface area contributed by atoms with Crippen LogP contribution >= 0.6 is 0 Å². The van der Waals surface area contributed by atoms with Crippen molar-refractivity contribution in [3.63, 3.8) is 0 Å². The first-order valence-corrected chi connectivity index (χ1v) is 10.9. The molecule has 1 N–H and O–H groups in total. The van der Waals surface area contributed by atoms with E-state index in [0.717, 1.165) is 0 Å². The van der Waals surface area contributed by atoms with Gasteiger partial charge in [-0.15, -0.1) is 0 Å². The highest BCUT2D eigenvalue weighted by Crippen LogP contribution is 2.29. The number of rotatable bonds is 8. The number of fused-ring (bicyclic) bond motifs is 1. The molecular formula is C21H33N5O5. The summed E-state index contributed by atoms with van der Waals surface area (Å²) >= 11 is 0. The number of hydrogen-bond acceptors (Lipinski definition) is 6. The largest absolute Gasteiger partial charge is 0.379 e. The summed E-state index contributed by atoms with van der Waals surface area (Å²) in [5.74, 6) is -0.865. The van der Waals surface area contributed by atoms with E-state index in [1.807, 2.05) is 20.8 Å². The lowest BCUT2D eigenvalue weighted by Crippen LogP contribution is -2.64. The lowest BCUT2D eigenvalue weighted by atomic mass is 9.94. The molecular weight excluding hydrogens is 402 g/mol. The molecule has 0 saturated carbocycles. The maximum atomic E-state index is 13.4. The van der Waals surface area contributed by atoms with Gasteiger partial charge in [0.2, 0.25) is 5.91 Å². The highest BCUT2D eigenvalue weighted by Gasteiger charge is 2.48. The number of carbonyl (C=O) groups excluding carboxylic acids is 3. The minimum absolute atomic E-state index is 0.138. The van der Waals surface area contributed by atoms with Crippen molar-refractivity contribution in [2.45, 2.75) is 52.3 Å². The van der Waals surface area contributed by atoms with Gasteiger partial charge in [0, 0.05) is 32.8 Å². The molecule has 3 rings (SSSR count). The molecule has 1 aromatic heterocycles. The van der Waals surface area contributed by atoms with Crippen LogP contribution in [0.15, 0.2) is 6.33 Å². The van der Waals surface area contributed by atoms with Crippen molar-refractivity contribution in [3.05, 3.63) is 17.7 Å². The summed E-state index contributed by atoms with van der Waals surface area (Å²) in [4.78, 5) is 46.8. The highest BCUT2D eigenvalue weighted by atomic mass is 16.5. The first-order chi connectivity index (χ1) is 14.8. The van der Waals surface area contributed by atoms with Gasteiger partial charge in [0.1, 0.15) is 11.2 Å². The van der Waals surface area contributed by atoms with Gasteiger partial charge >= 0.3 is 0 Å². The number of morpholine rings is 1. The number of hydrogen-bond donors (Lipinski definition) is 1.